The third kappa shape index (κ3) is 3.03. The Labute approximate surface area is 103 Å². The normalized spacial score (nSPS) is 15.3. The predicted molar refractivity (Wildman–Crippen MR) is 70.1 cm³/mol. The van der Waals surface area contributed by atoms with Gasteiger partial charge in [0.25, 0.3) is 0 Å². The summed E-state index contributed by atoms with van der Waals surface area (Å²) in [6.45, 7) is 7.91. The first-order valence-corrected chi connectivity index (χ1v) is 6.24. The van der Waals surface area contributed by atoms with Crippen LogP contribution < -0.4 is 10.2 Å². The standard InChI is InChI=1S/C13H20N4/c1-3-14-9-12-10-15-13(16-11(12)2)17-7-5-4-6-8-17/h4-5,10,14H,3,6-9H2,1-2H3. The van der Waals surface area contributed by atoms with Crippen LogP contribution in [0.5, 0.6) is 0 Å². The van der Waals surface area contributed by atoms with Gasteiger partial charge in [-0.3, -0.25) is 0 Å². The Morgan fingerprint density at radius 2 is 2.29 bits per heavy atom. The van der Waals surface area contributed by atoms with Crippen molar-refractivity contribution in [1.82, 2.24) is 15.3 Å². The smallest absolute Gasteiger partial charge is 0.225 e. The summed E-state index contributed by atoms with van der Waals surface area (Å²) in [4.78, 5) is 11.3. The number of rotatable bonds is 4. The minimum atomic E-state index is 0.850. The molecule has 1 N–H and O–H groups in total. The van der Waals surface area contributed by atoms with E-state index < -0.39 is 0 Å². The predicted octanol–water partition coefficient (Wildman–Crippen LogP) is 1.66. The first-order valence-electron chi connectivity index (χ1n) is 6.24. The van der Waals surface area contributed by atoms with Crippen molar-refractivity contribution < 1.29 is 0 Å². The molecule has 4 nitrogen and oxygen atoms in total. The third-order valence-electron chi connectivity index (χ3n) is 2.97. The van der Waals surface area contributed by atoms with Crippen LogP contribution in [0.15, 0.2) is 18.3 Å². The zero-order valence-electron chi connectivity index (χ0n) is 10.6. The second-order valence-electron chi connectivity index (χ2n) is 4.27. The van der Waals surface area contributed by atoms with Crippen molar-refractivity contribution in [3.8, 4) is 0 Å². The topological polar surface area (TPSA) is 41.1 Å². The van der Waals surface area contributed by atoms with Crippen LogP contribution in [0.1, 0.15) is 24.6 Å². The molecule has 0 saturated carbocycles. The lowest BCUT2D eigenvalue weighted by atomic mass is 10.2. The summed E-state index contributed by atoms with van der Waals surface area (Å²) < 4.78 is 0. The quantitative estimate of drug-likeness (QED) is 0.802. The van der Waals surface area contributed by atoms with Crippen LogP contribution in [0, 0.1) is 6.92 Å². The molecular formula is C13H20N4. The van der Waals surface area contributed by atoms with Crippen molar-refractivity contribution in [2.24, 2.45) is 0 Å². The van der Waals surface area contributed by atoms with Gasteiger partial charge < -0.3 is 10.2 Å². The van der Waals surface area contributed by atoms with E-state index in [9.17, 15) is 0 Å². The molecule has 0 fully saturated rings. The van der Waals surface area contributed by atoms with Gasteiger partial charge in [-0.2, -0.15) is 0 Å². The molecule has 1 aliphatic heterocycles. The Morgan fingerprint density at radius 1 is 1.41 bits per heavy atom. The van der Waals surface area contributed by atoms with Gasteiger partial charge in [-0.1, -0.05) is 19.1 Å². The second-order valence-corrected chi connectivity index (χ2v) is 4.27. The van der Waals surface area contributed by atoms with E-state index in [0.717, 1.165) is 44.2 Å². The number of nitrogens with one attached hydrogen (secondary N) is 1. The molecule has 1 aliphatic rings. The van der Waals surface area contributed by atoms with Crippen molar-refractivity contribution in [3.63, 3.8) is 0 Å². The summed E-state index contributed by atoms with van der Waals surface area (Å²) in [7, 11) is 0. The summed E-state index contributed by atoms with van der Waals surface area (Å²) >= 11 is 0. The van der Waals surface area contributed by atoms with E-state index in [4.69, 9.17) is 0 Å². The molecule has 2 heterocycles. The Morgan fingerprint density at radius 3 is 2.94 bits per heavy atom. The lowest BCUT2D eigenvalue weighted by Crippen LogP contribution is -2.29. The Hall–Kier alpha value is -1.42. The summed E-state index contributed by atoms with van der Waals surface area (Å²) in [5, 5.41) is 3.30. The molecule has 0 amide bonds. The molecule has 0 saturated heterocycles. The van der Waals surface area contributed by atoms with Gasteiger partial charge in [0.2, 0.25) is 5.95 Å². The maximum Gasteiger partial charge on any atom is 0.225 e. The van der Waals surface area contributed by atoms with Crippen LogP contribution in [-0.2, 0) is 6.54 Å². The fraction of sp³-hybridized carbons (Fsp3) is 0.538. The van der Waals surface area contributed by atoms with E-state index in [-0.39, 0.29) is 0 Å². The van der Waals surface area contributed by atoms with Crippen LogP contribution in [0.4, 0.5) is 5.95 Å². The molecule has 92 valence electrons. The maximum absolute atomic E-state index is 4.59. The van der Waals surface area contributed by atoms with E-state index in [2.05, 4.69) is 46.2 Å². The highest BCUT2D eigenvalue weighted by atomic mass is 15.2. The fourth-order valence-electron chi connectivity index (χ4n) is 1.89. The summed E-state index contributed by atoms with van der Waals surface area (Å²) in [5.74, 6) is 0.854. The number of nitrogens with zero attached hydrogens (tertiary/aromatic N) is 3. The molecule has 2 rings (SSSR count). The average molecular weight is 232 g/mol. The first kappa shape index (κ1) is 12.0. The Bertz CT molecular complexity index is 400. The molecule has 4 heteroatoms. The number of anilines is 1. The lowest BCUT2D eigenvalue weighted by Gasteiger charge is -2.23. The third-order valence-corrected chi connectivity index (χ3v) is 2.97. The second kappa shape index (κ2) is 5.77. The van der Waals surface area contributed by atoms with Crippen molar-refractivity contribution in [3.05, 3.63) is 29.6 Å². The van der Waals surface area contributed by atoms with Crippen molar-refractivity contribution in [2.75, 3.05) is 24.5 Å². The molecular weight excluding hydrogens is 212 g/mol. The van der Waals surface area contributed by atoms with E-state index >= 15 is 0 Å². The summed E-state index contributed by atoms with van der Waals surface area (Å²) in [6.07, 6.45) is 7.41. The van der Waals surface area contributed by atoms with Gasteiger partial charge in [-0.15, -0.1) is 0 Å². The van der Waals surface area contributed by atoms with E-state index in [1.165, 1.54) is 5.56 Å². The Balaban J connectivity index is 2.09. The van der Waals surface area contributed by atoms with Gasteiger partial charge in [0.05, 0.1) is 0 Å². The first-order chi connectivity index (χ1) is 8.31. The van der Waals surface area contributed by atoms with Crippen molar-refractivity contribution in [2.45, 2.75) is 26.8 Å². The highest BCUT2D eigenvalue weighted by Crippen LogP contribution is 2.13. The minimum absolute atomic E-state index is 0.850. The number of hydrogen-bond acceptors (Lipinski definition) is 4. The minimum Gasteiger partial charge on any atom is -0.337 e. The number of hydrogen-bond donors (Lipinski definition) is 1. The zero-order valence-corrected chi connectivity index (χ0v) is 10.6. The van der Waals surface area contributed by atoms with Crippen molar-refractivity contribution in [1.29, 1.82) is 0 Å². The van der Waals surface area contributed by atoms with Gasteiger partial charge in [-0.25, -0.2) is 9.97 Å². The average Bonchev–Trinajstić information content (AvgIpc) is 2.38. The summed E-state index contributed by atoms with van der Waals surface area (Å²) in [5.41, 5.74) is 2.26. The number of aromatic nitrogens is 2. The van der Waals surface area contributed by atoms with Crippen molar-refractivity contribution >= 4 is 5.95 Å². The van der Waals surface area contributed by atoms with Crippen LogP contribution in [0.25, 0.3) is 0 Å². The largest absolute Gasteiger partial charge is 0.337 e. The van der Waals surface area contributed by atoms with Gasteiger partial charge in [0.15, 0.2) is 0 Å². The molecule has 0 aliphatic carbocycles. The van der Waals surface area contributed by atoms with E-state index in [0.29, 0.717) is 0 Å². The molecule has 17 heavy (non-hydrogen) atoms. The molecule has 0 bridgehead atoms. The monoisotopic (exact) mass is 232 g/mol. The molecule has 0 radical (unpaired) electrons. The fourth-order valence-corrected chi connectivity index (χ4v) is 1.89. The number of aryl methyl sites for hydroxylation is 1. The summed E-state index contributed by atoms with van der Waals surface area (Å²) in [6, 6.07) is 0. The van der Waals surface area contributed by atoms with Gasteiger partial charge in [0, 0.05) is 37.1 Å². The lowest BCUT2D eigenvalue weighted by molar-refractivity contribution is 0.711. The van der Waals surface area contributed by atoms with Gasteiger partial charge in [-0.05, 0) is 19.9 Å². The zero-order chi connectivity index (χ0) is 12.1. The molecule has 0 atom stereocenters. The molecule has 0 spiro atoms. The van der Waals surface area contributed by atoms with Crippen LogP contribution in [0.3, 0.4) is 0 Å². The van der Waals surface area contributed by atoms with E-state index in [1.54, 1.807) is 0 Å². The highest BCUT2D eigenvalue weighted by molar-refractivity contribution is 5.35. The van der Waals surface area contributed by atoms with Gasteiger partial charge in [0.1, 0.15) is 0 Å². The molecule has 0 aromatic carbocycles. The molecule has 0 unspecified atom stereocenters. The maximum atomic E-state index is 4.59. The molecule has 1 aromatic heterocycles. The van der Waals surface area contributed by atoms with Crippen LogP contribution in [0.2, 0.25) is 0 Å². The SMILES string of the molecule is CCNCc1cnc(N2CC=CCC2)nc1C. The van der Waals surface area contributed by atoms with Gasteiger partial charge >= 0.3 is 0 Å². The van der Waals surface area contributed by atoms with Crippen LogP contribution in [-0.4, -0.2) is 29.6 Å². The van der Waals surface area contributed by atoms with Crippen LogP contribution >= 0.6 is 0 Å². The van der Waals surface area contributed by atoms with E-state index in [1.807, 2.05) is 6.20 Å². The Kier molecular flexibility index (Phi) is 4.09. The highest BCUT2D eigenvalue weighted by Gasteiger charge is 2.11. The molecule has 1 aromatic rings.